The maximum atomic E-state index is 12.3. The lowest BCUT2D eigenvalue weighted by Gasteiger charge is -2.12. The Morgan fingerprint density at radius 2 is 1.93 bits per heavy atom. The summed E-state index contributed by atoms with van der Waals surface area (Å²) in [6, 6.07) is 8.93. The molecule has 0 unspecified atom stereocenters. The smallest absolute Gasteiger partial charge is 0.248 e. The van der Waals surface area contributed by atoms with Crippen LogP contribution in [0.1, 0.15) is 35.8 Å². The number of sulfonamides is 1. The monoisotopic (exact) mass is 387 g/mol. The van der Waals surface area contributed by atoms with E-state index >= 15 is 0 Å². The molecule has 1 fully saturated rings. The number of carbonyl (C=O) groups excluding carboxylic acids is 1. The molecule has 0 spiro atoms. The van der Waals surface area contributed by atoms with Crippen LogP contribution in [0, 0.1) is 13.8 Å². The van der Waals surface area contributed by atoms with Crippen molar-refractivity contribution in [2.75, 3.05) is 19.4 Å². The highest BCUT2D eigenvalue weighted by Crippen LogP contribution is 2.38. The fraction of sp³-hybridized carbons (Fsp3) is 0.350. The Hall–Kier alpha value is -2.38. The van der Waals surface area contributed by atoms with E-state index in [1.54, 1.807) is 18.2 Å². The van der Waals surface area contributed by atoms with E-state index in [9.17, 15) is 13.2 Å². The minimum absolute atomic E-state index is 0.141. The molecule has 1 amide bonds. The molecular formula is C20H25N3O3S. The minimum Gasteiger partial charge on any atom is -0.346 e. The summed E-state index contributed by atoms with van der Waals surface area (Å²) in [5, 5.41) is 2.72. The molecule has 1 aliphatic rings. The molecule has 1 heterocycles. The average molecular weight is 388 g/mol. The first kappa shape index (κ1) is 19.4. The van der Waals surface area contributed by atoms with Crippen molar-refractivity contribution in [2.45, 2.75) is 37.6 Å². The molecule has 7 heteroatoms. The van der Waals surface area contributed by atoms with Gasteiger partial charge >= 0.3 is 0 Å². The highest BCUT2D eigenvalue weighted by molar-refractivity contribution is 7.89. The standard InChI is InChI=1S/C20H25N3O3S/c1-14-12-16(15(2)23(14)18-9-10-18)8-11-20(24)21-17-6-5-7-19(13-17)27(25,26)22(3)4/h5-8,11-13,18H,9-10H2,1-4H3,(H,21,24)/b11-8+. The summed E-state index contributed by atoms with van der Waals surface area (Å²) in [4.78, 5) is 12.4. The Kier molecular flexibility index (Phi) is 5.26. The molecular weight excluding hydrogens is 362 g/mol. The van der Waals surface area contributed by atoms with Crippen molar-refractivity contribution in [2.24, 2.45) is 0 Å². The van der Waals surface area contributed by atoms with Crippen LogP contribution in [0.3, 0.4) is 0 Å². The predicted octanol–water partition coefficient (Wildman–Crippen LogP) is 3.34. The van der Waals surface area contributed by atoms with Gasteiger partial charge in [0.05, 0.1) is 4.90 Å². The van der Waals surface area contributed by atoms with E-state index in [0.717, 1.165) is 15.6 Å². The molecule has 0 saturated heterocycles. The van der Waals surface area contributed by atoms with E-state index in [-0.39, 0.29) is 10.8 Å². The molecule has 1 saturated carbocycles. The number of carbonyl (C=O) groups is 1. The molecule has 1 aliphatic carbocycles. The Morgan fingerprint density at radius 3 is 2.56 bits per heavy atom. The molecule has 6 nitrogen and oxygen atoms in total. The molecule has 27 heavy (non-hydrogen) atoms. The molecule has 1 aromatic carbocycles. The number of aromatic nitrogens is 1. The number of benzene rings is 1. The van der Waals surface area contributed by atoms with Crippen molar-refractivity contribution in [3.63, 3.8) is 0 Å². The van der Waals surface area contributed by atoms with Crippen molar-refractivity contribution in [1.29, 1.82) is 0 Å². The number of nitrogens with zero attached hydrogens (tertiary/aromatic N) is 2. The Labute approximate surface area is 160 Å². The molecule has 1 aromatic heterocycles. The lowest BCUT2D eigenvalue weighted by molar-refractivity contribution is -0.111. The lowest BCUT2D eigenvalue weighted by Crippen LogP contribution is -2.22. The molecule has 144 valence electrons. The van der Waals surface area contributed by atoms with E-state index in [1.807, 2.05) is 0 Å². The van der Waals surface area contributed by atoms with E-state index in [1.165, 1.54) is 50.8 Å². The SMILES string of the molecule is Cc1cc(/C=C/C(=O)Nc2cccc(S(=O)(=O)N(C)C)c2)c(C)n1C1CC1. The van der Waals surface area contributed by atoms with Crippen LogP contribution in [0.15, 0.2) is 41.3 Å². The largest absolute Gasteiger partial charge is 0.346 e. The molecule has 0 atom stereocenters. The van der Waals surface area contributed by atoms with Crippen LogP contribution in [-0.2, 0) is 14.8 Å². The molecule has 2 aromatic rings. The van der Waals surface area contributed by atoms with Gasteiger partial charge in [-0.05, 0) is 62.6 Å². The number of hydrogen-bond acceptors (Lipinski definition) is 3. The topological polar surface area (TPSA) is 71.4 Å². The lowest BCUT2D eigenvalue weighted by atomic mass is 10.2. The van der Waals surface area contributed by atoms with Gasteiger partial charge < -0.3 is 9.88 Å². The van der Waals surface area contributed by atoms with Gasteiger partial charge in [-0.3, -0.25) is 4.79 Å². The van der Waals surface area contributed by atoms with Gasteiger partial charge in [-0.2, -0.15) is 0 Å². The van der Waals surface area contributed by atoms with Crippen LogP contribution >= 0.6 is 0 Å². The second-order valence-electron chi connectivity index (χ2n) is 7.07. The number of amides is 1. The fourth-order valence-corrected chi connectivity index (χ4v) is 4.11. The zero-order valence-electron chi connectivity index (χ0n) is 16.1. The predicted molar refractivity (Wildman–Crippen MR) is 107 cm³/mol. The summed E-state index contributed by atoms with van der Waals surface area (Å²) in [6.45, 7) is 4.15. The average Bonchev–Trinajstić information content (AvgIpc) is 3.39. The molecule has 0 bridgehead atoms. The molecule has 0 aliphatic heterocycles. The molecule has 3 rings (SSSR count). The number of nitrogens with one attached hydrogen (secondary N) is 1. The highest BCUT2D eigenvalue weighted by Gasteiger charge is 2.26. The Balaban J connectivity index is 1.73. The van der Waals surface area contributed by atoms with Gasteiger partial charge in [0.15, 0.2) is 0 Å². The maximum absolute atomic E-state index is 12.3. The van der Waals surface area contributed by atoms with Crippen LogP contribution in [-0.4, -0.2) is 37.3 Å². The minimum atomic E-state index is -3.54. The van der Waals surface area contributed by atoms with E-state index in [4.69, 9.17) is 0 Å². The third-order valence-corrected chi connectivity index (χ3v) is 6.54. The summed E-state index contributed by atoms with van der Waals surface area (Å²) in [5.41, 5.74) is 3.84. The third kappa shape index (κ3) is 4.14. The van der Waals surface area contributed by atoms with Gasteiger partial charge in [0, 0.05) is 43.3 Å². The van der Waals surface area contributed by atoms with Crippen LogP contribution in [0.4, 0.5) is 5.69 Å². The van der Waals surface area contributed by atoms with E-state index in [2.05, 4.69) is 29.8 Å². The first-order chi connectivity index (χ1) is 12.7. The van der Waals surface area contributed by atoms with Crippen LogP contribution in [0.2, 0.25) is 0 Å². The molecule has 0 radical (unpaired) electrons. The van der Waals surface area contributed by atoms with E-state index in [0.29, 0.717) is 11.7 Å². The van der Waals surface area contributed by atoms with Crippen LogP contribution in [0.25, 0.3) is 6.08 Å². The van der Waals surface area contributed by atoms with Gasteiger partial charge in [0.1, 0.15) is 0 Å². The highest BCUT2D eigenvalue weighted by atomic mass is 32.2. The van der Waals surface area contributed by atoms with Crippen molar-refractivity contribution in [3.05, 3.63) is 53.4 Å². The normalized spacial score (nSPS) is 14.9. The van der Waals surface area contributed by atoms with Crippen molar-refractivity contribution < 1.29 is 13.2 Å². The summed E-state index contributed by atoms with van der Waals surface area (Å²) in [5.74, 6) is -0.300. The van der Waals surface area contributed by atoms with Gasteiger partial charge in [-0.25, -0.2) is 12.7 Å². The van der Waals surface area contributed by atoms with E-state index < -0.39 is 10.0 Å². The van der Waals surface area contributed by atoms with Crippen LogP contribution in [0.5, 0.6) is 0 Å². The van der Waals surface area contributed by atoms with Crippen molar-refractivity contribution in [1.82, 2.24) is 8.87 Å². The second-order valence-corrected chi connectivity index (χ2v) is 9.22. The summed E-state index contributed by atoms with van der Waals surface area (Å²) < 4.78 is 27.9. The van der Waals surface area contributed by atoms with Crippen molar-refractivity contribution in [3.8, 4) is 0 Å². The third-order valence-electron chi connectivity index (χ3n) is 4.73. The van der Waals surface area contributed by atoms with Crippen LogP contribution < -0.4 is 5.32 Å². The van der Waals surface area contributed by atoms with Gasteiger partial charge in [0.25, 0.3) is 0 Å². The van der Waals surface area contributed by atoms with Gasteiger partial charge in [-0.1, -0.05) is 6.07 Å². The van der Waals surface area contributed by atoms with Gasteiger partial charge in [0.2, 0.25) is 15.9 Å². The second kappa shape index (κ2) is 7.32. The van der Waals surface area contributed by atoms with Crippen molar-refractivity contribution >= 4 is 27.7 Å². The number of aryl methyl sites for hydroxylation is 1. The maximum Gasteiger partial charge on any atom is 0.248 e. The molecule has 1 N–H and O–H groups in total. The first-order valence-corrected chi connectivity index (χ1v) is 10.3. The Bertz CT molecular complexity index is 999. The zero-order chi connectivity index (χ0) is 19.8. The number of hydrogen-bond donors (Lipinski definition) is 1. The van der Waals surface area contributed by atoms with Gasteiger partial charge in [-0.15, -0.1) is 0 Å². The number of rotatable bonds is 6. The summed E-state index contributed by atoms with van der Waals surface area (Å²) >= 11 is 0. The summed E-state index contributed by atoms with van der Waals surface area (Å²) in [6.07, 6.45) is 5.71. The Morgan fingerprint density at radius 1 is 1.22 bits per heavy atom. The number of anilines is 1. The quantitative estimate of drug-likeness (QED) is 0.773. The first-order valence-electron chi connectivity index (χ1n) is 8.90. The zero-order valence-corrected chi connectivity index (χ0v) is 16.9. The fourth-order valence-electron chi connectivity index (χ4n) is 3.16. The summed E-state index contributed by atoms with van der Waals surface area (Å²) in [7, 11) is -0.592.